The number of halogens is 1. The fourth-order valence-electron chi connectivity index (χ4n) is 3.21. The van der Waals surface area contributed by atoms with Gasteiger partial charge < -0.3 is 14.9 Å². The summed E-state index contributed by atoms with van der Waals surface area (Å²) < 4.78 is 19.5. The molecule has 0 saturated carbocycles. The van der Waals surface area contributed by atoms with Crippen molar-refractivity contribution in [1.82, 2.24) is 25.4 Å². The topological polar surface area (TPSA) is 114 Å². The third-order valence-electron chi connectivity index (χ3n) is 4.39. The lowest BCUT2D eigenvalue weighted by atomic mass is 9.94. The Hall–Kier alpha value is -3.88. The Labute approximate surface area is 164 Å². The maximum atomic E-state index is 14.1. The van der Waals surface area contributed by atoms with E-state index in [1.54, 1.807) is 38.2 Å². The molecule has 146 valence electrons. The Kier molecular flexibility index (Phi) is 4.63. The maximum Gasteiger partial charge on any atom is 0.405 e. The molecular weight excluding hydrogens is 377 g/mol. The van der Waals surface area contributed by atoms with Gasteiger partial charge in [-0.3, -0.25) is 4.98 Å². The number of carbonyl (C=O) groups is 1. The van der Waals surface area contributed by atoms with E-state index in [0.717, 1.165) is 0 Å². The largest absolute Gasteiger partial charge is 0.465 e. The van der Waals surface area contributed by atoms with Crippen molar-refractivity contribution in [2.45, 2.75) is 19.9 Å². The number of aromatic nitrogens is 4. The van der Waals surface area contributed by atoms with Crippen LogP contribution in [0.1, 0.15) is 24.5 Å². The van der Waals surface area contributed by atoms with Crippen LogP contribution in [0.15, 0.2) is 47.1 Å². The summed E-state index contributed by atoms with van der Waals surface area (Å²) in [5, 5.41) is 15.9. The van der Waals surface area contributed by atoms with Crippen molar-refractivity contribution in [3.05, 3.63) is 59.9 Å². The molecule has 0 aliphatic rings. The van der Waals surface area contributed by atoms with Crippen molar-refractivity contribution in [2.75, 3.05) is 0 Å². The molecule has 4 rings (SSSR count). The third-order valence-corrected chi connectivity index (χ3v) is 4.39. The second-order valence-electron chi connectivity index (χ2n) is 6.44. The Balaban J connectivity index is 2.14. The average Bonchev–Trinajstić information content (AvgIpc) is 3.12. The number of nitrogens with zero attached hydrogens (tertiary/aromatic N) is 4. The first kappa shape index (κ1) is 18.5. The molecule has 29 heavy (non-hydrogen) atoms. The second kappa shape index (κ2) is 7.27. The predicted molar refractivity (Wildman–Crippen MR) is 103 cm³/mol. The maximum absolute atomic E-state index is 14.1. The normalized spacial score (nSPS) is 12.1. The van der Waals surface area contributed by atoms with Crippen LogP contribution >= 0.6 is 0 Å². The lowest BCUT2D eigenvalue weighted by Crippen LogP contribution is -2.26. The molecule has 3 heterocycles. The summed E-state index contributed by atoms with van der Waals surface area (Å²) in [5.74, 6) is 0.129. The van der Waals surface area contributed by atoms with Gasteiger partial charge in [-0.25, -0.2) is 14.2 Å². The van der Waals surface area contributed by atoms with Crippen molar-refractivity contribution >= 4 is 17.0 Å². The van der Waals surface area contributed by atoms with Gasteiger partial charge in [0.15, 0.2) is 5.82 Å². The lowest BCUT2D eigenvalue weighted by molar-refractivity contribution is 0.190. The highest BCUT2D eigenvalue weighted by Gasteiger charge is 2.26. The molecule has 4 aromatic rings. The minimum absolute atomic E-state index is 0.171. The molecule has 1 amide bonds. The number of hydrogen-bond donors (Lipinski definition) is 2. The average molecular weight is 393 g/mol. The summed E-state index contributed by atoms with van der Waals surface area (Å²) in [6.07, 6.45) is 0.410. The van der Waals surface area contributed by atoms with Crippen molar-refractivity contribution in [1.29, 1.82) is 0 Å². The highest BCUT2D eigenvalue weighted by Crippen LogP contribution is 2.40. The van der Waals surface area contributed by atoms with Crippen molar-refractivity contribution in [3.63, 3.8) is 0 Å². The molecule has 0 aliphatic heterocycles. The minimum atomic E-state index is -1.19. The van der Waals surface area contributed by atoms with Crippen LogP contribution in [-0.4, -0.2) is 31.3 Å². The standard InChI is InChI=1S/C20H16FN5O3/c1-10(23-20(27)28)18-17(15-5-3-4-8-22-15)16(19-24-11(2)26-29-19)13-9-12(21)6-7-14(13)25-18/h3-10,23H,1-2H3,(H,27,28). The molecule has 0 aliphatic carbocycles. The van der Waals surface area contributed by atoms with Gasteiger partial charge in [-0.2, -0.15) is 4.98 Å². The Morgan fingerprint density at radius 2 is 2.03 bits per heavy atom. The van der Waals surface area contributed by atoms with Crippen LogP contribution in [0.25, 0.3) is 33.6 Å². The molecule has 1 aromatic carbocycles. The van der Waals surface area contributed by atoms with Gasteiger partial charge in [-0.1, -0.05) is 11.2 Å². The van der Waals surface area contributed by atoms with Crippen molar-refractivity contribution < 1.29 is 18.8 Å². The minimum Gasteiger partial charge on any atom is -0.465 e. The predicted octanol–water partition coefficient (Wildman–Crippen LogP) is 4.12. The van der Waals surface area contributed by atoms with Gasteiger partial charge in [0, 0.05) is 17.1 Å². The molecule has 2 N–H and O–H groups in total. The van der Waals surface area contributed by atoms with Gasteiger partial charge >= 0.3 is 6.09 Å². The smallest absolute Gasteiger partial charge is 0.405 e. The fraction of sp³-hybridized carbons (Fsp3) is 0.150. The van der Waals surface area contributed by atoms with Gasteiger partial charge in [0.1, 0.15) is 5.82 Å². The number of pyridine rings is 2. The summed E-state index contributed by atoms with van der Waals surface area (Å²) in [4.78, 5) is 24.6. The number of rotatable bonds is 4. The highest BCUT2D eigenvalue weighted by molar-refractivity contribution is 6.01. The molecule has 1 unspecified atom stereocenters. The van der Waals surface area contributed by atoms with Crippen LogP contribution in [0.2, 0.25) is 0 Å². The molecule has 0 fully saturated rings. The Bertz CT molecular complexity index is 1210. The summed E-state index contributed by atoms with van der Waals surface area (Å²) in [5.41, 5.74) is 2.34. The zero-order valence-corrected chi connectivity index (χ0v) is 15.5. The van der Waals surface area contributed by atoms with E-state index >= 15 is 0 Å². The first-order valence-corrected chi connectivity index (χ1v) is 8.78. The number of fused-ring (bicyclic) bond motifs is 1. The molecule has 0 radical (unpaired) electrons. The first-order chi connectivity index (χ1) is 13.9. The Morgan fingerprint density at radius 1 is 1.21 bits per heavy atom. The SMILES string of the molecule is Cc1noc(-c2c(-c3ccccn3)c(C(C)NC(=O)O)nc3ccc(F)cc23)n1. The number of hydrogen-bond acceptors (Lipinski definition) is 6. The molecule has 0 bridgehead atoms. The number of aryl methyl sites for hydroxylation is 1. The molecule has 8 nitrogen and oxygen atoms in total. The van der Waals surface area contributed by atoms with Gasteiger partial charge in [0.05, 0.1) is 28.5 Å². The van der Waals surface area contributed by atoms with Crippen LogP contribution in [-0.2, 0) is 0 Å². The highest BCUT2D eigenvalue weighted by atomic mass is 19.1. The third kappa shape index (κ3) is 3.49. The van der Waals surface area contributed by atoms with Gasteiger partial charge in [-0.05, 0) is 44.2 Å². The van der Waals surface area contributed by atoms with Crippen molar-refractivity contribution in [2.24, 2.45) is 0 Å². The summed E-state index contributed by atoms with van der Waals surface area (Å²) in [7, 11) is 0. The van der Waals surface area contributed by atoms with E-state index in [0.29, 0.717) is 39.2 Å². The van der Waals surface area contributed by atoms with Crippen LogP contribution in [0, 0.1) is 12.7 Å². The zero-order chi connectivity index (χ0) is 20.5. The summed E-state index contributed by atoms with van der Waals surface area (Å²) in [6, 6.07) is 8.78. The van der Waals surface area contributed by atoms with E-state index < -0.39 is 18.0 Å². The first-order valence-electron chi connectivity index (χ1n) is 8.78. The van der Waals surface area contributed by atoms with Crippen molar-refractivity contribution in [3.8, 4) is 22.7 Å². The van der Waals surface area contributed by atoms with Gasteiger partial charge in [-0.15, -0.1) is 0 Å². The molecule has 3 aromatic heterocycles. The summed E-state index contributed by atoms with van der Waals surface area (Å²) >= 11 is 0. The number of amides is 1. The molecule has 0 saturated heterocycles. The molecule has 1 atom stereocenters. The van der Waals surface area contributed by atoms with E-state index in [-0.39, 0.29) is 5.89 Å². The van der Waals surface area contributed by atoms with E-state index in [1.165, 1.54) is 18.2 Å². The number of benzene rings is 1. The fourth-order valence-corrected chi connectivity index (χ4v) is 3.21. The van der Waals surface area contributed by atoms with E-state index in [2.05, 4.69) is 25.4 Å². The van der Waals surface area contributed by atoms with Crippen LogP contribution in [0.4, 0.5) is 9.18 Å². The lowest BCUT2D eigenvalue weighted by Gasteiger charge is -2.19. The van der Waals surface area contributed by atoms with Crippen LogP contribution in [0.5, 0.6) is 0 Å². The monoisotopic (exact) mass is 393 g/mol. The van der Waals surface area contributed by atoms with Crippen LogP contribution < -0.4 is 5.32 Å². The molecular formula is C20H16FN5O3. The van der Waals surface area contributed by atoms with Crippen LogP contribution in [0.3, 0.4) is 0 Å². The van der Waals surface area contributed by atoms with Gasteiger partial charge in [0.25, 0.3) is 5.89 Å². The van der Waals surface area contributed by atoms with Gasteiger partial charge in [0.2, 0.25) is 0 Å². The quantitative estimate of drug-likeness (QED) is 0.536. The van der Waals surface area contributed by atoms with E-state index in [9.17, 15) is 14.3 Å². The number of carboxylic acid groups (broad SMARTS) is 1. The number of nitrogens with one attached hydrogen (secondary N) is 1. The second-order valence-corrected chi connectivity index (χ2v) is 6.44. The van der Waals surface area contributed by atoms with E-state index in [4.69, 9.17) is 4.52 Å². The zero-order valence-electron chi connectivity index (χ0n) is 15.5. The summed E-state index contributed by atoms with van der Waals surface area (Å²) in [6.45, 7) is 3.34. The Morgan fingerprint density at radius 3 is 2.69 bits per heavy atom. The molecule has 0 spiro atoms. The van der Waals surface area contributed by atoms with E-state index in [1.807, 2.05) is 0 Å². The molecule has 9 heteroatoms.